The summed E-state index contributed by atoms with van der Waals surface area (Å²) < 4.78 is 0. The lowest BCUT2D eigenvalue weighted by atomic mass is 9.98. The Hall–Kier alpha value is -2.41. The molecular weight excluding hydrogens is 368 g/mol. The minimum absolute atomic E-state index is 0.120. The summed E-state index contributed by atoms with van der Waals surface area (Å²) >= 11 is 0. The van der Waals surface area contributed by atoms with E-state index < -0.39 is 5.54 Å². The van der Waals surface area contributed by atoms with Crippen molar-refractivity contribution in [3.05, 3.63) is 35.4 Å². The molecule has 0 radical (unpaired) electrons. The number of carbonyl (C=O) groups is 3. The predicted molar refractivity (Wildman–Crippen MR) is 111 cm³/mol. The SMILES string of the molecule is CCN(CC)Cc1ccc(CNC(=O)CCN2C(=O)NC3(CCCC3)C2=O)cc1. The van der Waals surface area contributed by atoms with Gasteiger partial charge in [0.2, 0.25) is 5.91 Å². The van der Waals surface area contributed by atoms with Gasteiger partial charge in [0.1, 0.15) is 5.54 Å². The van der Waals surface area contributed by atoms with Crippen molar-refractivity contribution in [1.29, 1.82) is 0 Å². The van der Waals surface area contributed by atoms with Crippen LogP contribution >= 0.6 is 0 Å². The summed E-state index contributed by atoms with van der Waals surface area (Å²) in [7, 11) is 0. The van der Waals surface area contributed by atoms with Gasteiger partial charge in [-0.3, -0.25) is 19.4 Å². The van der Waals surface area contributed by atoms with Crippen LogP contribution in [-0.2, 0) is 22.7 Å². The van der Waals surface area contributed by atoms with Gasteiger partial charge in [0.05, 0.1) is 0 Å². The third-order valence-electron chi connectivity index (χ3n) is 6.08. The number of hydrogen-bond acceptors (Lipinski definition) is 4. The van der Waals surface area contributed by atoms with Gasteiger partial charge in [0.25, 0.3) is 5.91 Å². The first-order chi connectivity index (χ1) is 14.0. The van der Waals surface area contributed by atoms with Crippen LogP contribution in [0, 0.1) is 0 Å². The van der Waals surface area contributed by atoms with Crippen LogP contribution in [0.5, 0.6) is 0 Å². The molecule has 2 aliphatic rings. The molecule has 0 bridgehead atoms. The summed E-state index contributed by atoms with van der Waals surface area (Å²) in [6, 6.07) is 7.87. The van der Waals surface area contributed by atoms with Gasteiger partial charge < -0.3 is 10.6 Å². The van der Waals surface area contributed by atoms with Crippen LogP contribution < -0.4 is 10.6 Å². The number of rotatable bonds is 9. The van der Waals surface area contributed by atoms with Gasteiger partial charge in [-0.05, 0) is 37.1 Å². The van der Waals surface area contributed by atoms with Crippen LogP contribution in [0.3, 0.4) is 0 Å². The van der Waals surface area contributed by atoms with Crippen LogP contribution in [0.1, 0.15) is 57.1 Å². The van der Waals surface area contributed by atoms with Crippen molar-refractivity contribution < 1.29 is 14.4 Å². The van der Waals surface area contributed by atoms with E-state index in [2.05, 4.69) is 41.5 Å². The van der Waals surface area contributed by atoms with Crippen LogP contribution in [-0.4, -0.2) is 52.8 Å². The molecule has 7 nitrogen and oxygen atoms in total. The number of benzene rings is 1. The summed E-state index contributed by atoms with van der Waals surface area (Å²) in [6.07, 6.45) is 3.42. The fourth-order valence-electron chi connectivity index (χ4n) is 4.17. The van der Waals surface area contributed by atoms with Gasteiger partial charge in [0, 0.05) is 26.1 Å². The molecule has 3 rings (SSSR count). The Morgan fingerprint density at radius 3 is 2.34 bits per heavy atom. The highest BCUT2D eigenvalue weighted by Gasteiger charge is 2.52. The summed E-state index contributed by atoms with van der Waals surface area (Å²) in [4.78, 5) is 40.5. The van der Waals surface area contributed by atoms with E-state index in [9.17, 15) is 14.4 Å². The maximum atomic E-state index is 12.6. The molecule has 158 valence electrons. The monoisotopic (exact) mass is 400 g/mol. The standard InChI is InChI=1S/C22H32N4O3/c1-3-25(4-2)16-18-9-7-17(8-10-18)15-23-19(27)11-14-26-20(28)22(24-21(26)29)12-5-6-13-22/h7-10H,3-6,11-16H2,1-2H3,(H,23,27)(H,24,29). The first-order valence-corrected chi connectivity index (χ1v) is 10.7. The molecule has 2 fully saturated rings. The van der Waals surface area contributed by atoms with Gasteiger partial charge in [-0.1, -0.05) is 51.0 Å². The van der Waals surface area contributed by atoms with Crippen molar-refractivity contribution >= 4 is 17.8 Å². The van der Waals surface area contributed by atoms with E-state index in [1.807, 2.05) is 12.1 Å². The smallest absolute Gasteiger partial charge is 0.325 e. The highest BCUT2D eigenvalue weighted by atomic mass is 16.2. The molecule has 1 heterocycles. The summed E-state index contributed by atoms with van der Waals surface area (Å²) in [5.74, 6) is -0.332. The van der Waals surface area contributed by atoms with Crippen molar-refractivity contribution in [1.82, 2.24) is 20.4 Å². The molecule has 0 atom stereocenters. The molecule has 1 aromatic carbocycles. The number of amides is 4. The zero-order valence-corrected chi connectivity index (χ0v) is 17.5. The largest absolute Gasteiger partial charge is 0.352 e. The molecule has 1 aliphatic heterocycles. The lowest BCUT2D eigenvalue weighted by molar-refractivity contribution is -0.131. The van der Waals surface area contributed by atoms with Crippen molar-refractivity contribution in [2.45, 2.75) is 64.6 Å². The number of nitrogens with one attached hydrogen (secondary N) is 2. The lowest BCUT2D eigenvalue weighted by Crippen LogP contribution is -2.44. The minimum Gasteiger partial charge on any atom is -0.352 e. The predicted octanol–water partition coefficient (Wildman–Crippen LogP) is 2.40. The third-order valence-corrected chi connectivity index (χ3v) is 6.08. The van der Waals surface area contributed by atoms with E-state index >= 15 is 0 Å². The Bertz CT molecular complexity index is 737. The molecule has 2 N–H and O–H groups in total. The lowest BCUT2D eigenvalue weighted by Gasteiger charge is -2.20. The second-order valence-corrected chi connectivity index (χ2v) is 7.98. The van der Waals surface area contributed by atoms with Crippen LogP contribution in [0.15, 0.2) is 24.3 Å². The van der Waals surface area contributed by atoms with E-state index in [1.54, 1.807) is 0 Å². The normalized spacial score (nSPS) is 18.0. The Morgan fingerprint density at radius 1 is 1.10 bits per heavy atom. The van der Waals surface area contributed by atoms with Crippen LogP contribution in [0.4, 0.5) is 4.79 Å². The topological polar surface area (TPSA) is 81.8 Å². The van der Waals surface area contributed by atoms with Gasteiger partial charge in [-0.15, -0.1) is 0 Å². The molecule has 0 unspecified atom stereocenters. The van der Waals surface area contributed by atoms with Gasteiger partial charge in [-0.2, -0.15) is 0 Å². The first kappa shape index (κ1) is 21.3. The average Bonchev–Trinajstić information content (AvgIpc) is 3.29. The molecule has 1 saturated heterocycles. The second kappa shape index (κ2) is 9.39. The van der Waals surface area contributed by atoms with Crippen molar-refractivity contribution in [3.63, 3.8) is 0 Å². The van der Waals surface area contributed by atoms with Crippen molar-refractivity contribution in [3.8, 4) is 0 Å². The van der Waals surface area contributed by atoms with E-state index in [0.29, 0.717) is 19.4 Å². The molecule has 1 aliphatic carbocycles. The maximum absolute atomic E-state index is 12.6. The molecule has 4 amide bonds. The number of carbonyl (C=O) groups excluding carboxylic acids is 3. The Kier molecular flexibility index (Phi) is 6.90. The molecule has 0 aromatic heterocycles. The molecule has 1 spiro atoms. The first-order valence-electron chi connectivity index (χ1n) is 10.7. The van der Waals surface area contributed by atoms with Crippen LogP contribution in [0.25, 0.3) is 0 Å². The fraction of sp³-hybridized carbons (Fsp3) is 0.591. The van der Waals surface area contributed by atoms with Crippen LogP contribution in [0.2, 0.25) is 0 Å². The van der Waals surface area contributed by atoms with Gasteiger partial charge >= 0.3 is 6.03 Å². The quantitative estimate of drug-likeness (QED) is 0.624. The van der Waals surface area contributed by atoms with E-state index in [4.69, 9.17) is 0 Å². The highest BCUT2D eigenvalue weighted by molar-refractivity contribution is 6.07. The Labute approximate surface area is 172 Å². The zero-order valence-electron chi connectivity index (χ0n) is 17.5. The van der Waals surface area contributed by atoms with Crippen molar-refractivity contribution in [2.24, 2.45) is 0 Å². The van der Waals surface area contributed by atoms with Gasteiger partial charge in [-0.25, -0.2) is 4.79 Å². The summed E-state index contributed by atoms with van der Waals surface area (Å²) in [5, 5.41) is 5.72. The van der Waals surface area contributed by atoms with E-state index in [1.165, 1.54) is 10.5 Å². The Balaban J connectivity index is 1.43. The number of hydrogen-bond donors (Lipinski definition) is 2. The summed E-state index contributed by atoms with van der Waals surface area (Å²) in [5.41, 5.74) is 1.57. The van der Waals surface area contributed by atoms with E-state index in [0.717, 1.165) is 38.0 Å². The number of imide groups is 1. The molecule has 7 heteroatoms. The maximum Gasteiger partial charge on any atom is 0.325 e. The molecule has 1 saturated carbocycles. The number of nitrogens with zero attached hydrogens (tertiary/aromatic N) is 2. The minimum atomic E-state index is -0.708. The Morgan fingerprint density at radius 2 is 1.72 bits per heavy atom. The fourth-order valence-corrected chi connectivity index (χ4v) is 4.17. The average molecular weight is 401 g/mol. The highest BCUT2D eigenvalue weighted by Crippen LogP contribution is 2.34. The van der Waals surface area contributed by atoms with E-state index in [-0.39, 0.29) is 30.8 Å². The van der Waals surface area contributed by atoms with Crippen molar-refractivity contribution in [2.75, 3.05) is 19.6 Å². The molecular formula is C22H32N4O3. The number of urea groups is 1. The zero-order chi connectivity index (χ0) is 20.9. The molecule has 1 aromatic rings. The summed E-state index contributed by atoms with van der Waals surface area (Å²) in [6.45, 7) is 7.84. The second-order valence-electron chi connectivity index (χ2n) is 7.98. The molecule has 29 heavy (non-hydrogen) atoms. The third kappa shape index (κ3) is 4.96. The van der Waals surface area contributed by atoms with Gasteiger partial charge in [0.15, 0.2) is 0 Å².